The van der Waals surface area contributed by atoms with Crippen molar-refractivity contribution in [2.75, 3.05) is 12.4 Å². The lowest BCUT2D eigenvalue weighted by molar-refractivity contribution is -0.137. The summed E-state index contributed by atoms with van der Waals surface area (Å²) in [6, 6.07) is 7.62. The molecule has 2 aromatic rings. The van der Waals surface area contributed by atoms with Crippen LogP contribution >= 0.6 is 0 Å². The second kappa shape index (κ2) is 6.44. The number of esters is 1. The van der Waals surface area contributed by atoms with Crippen LogP contribution in [0.25, 0.3) is 0 Å². The molecule has 120 valence electrons. The molecule has 0 spiro atoms. The molecule has 0 radical (unpaired) electrons. The van der Waals surface area contributed by atoms with Gasteiger partial charge in [-0.3, -0.25) is 0 Å². The van der Waals surface area contributed by atoms with Crippen LogP contribution in [0.3, 0.4) is 0 Å². The Hall–Kier alpha value is -2.95. The fourth-order valence-electron chi connectivity index (χ4n) is 1.87. The van der Waals surface area contributed by atoms with Crippen molar-refractivity contribution < 1.29 is 27.1 Å². The highest BCUT2D eigenvalue weighted by molar-refractivity contribution is 5.86. The van der Waals surface area contributed by atoms with Gasteiger partial charge in [0.15, 0.2) is 0 Å². The standard InChI is InChI=1S/C15H11F3N2O3/c1-22-14(21)13-5-3-10(23-13)8-20-12-6-9(7-19)2-4-11(12)15(16,17)18/h2-6,20H,8H2,1H3. The molecule has 0 saturated heterocycles. The van der Waals surface area contributed by atoms with Gasteiger partial charge >= 0.3 is 12.1 Å². The molecule has 0 saturated carbocycles. The summed E-state index contributed by atoms with van der Waals surface area (Å²) in [4.78, 5) is 11.2. The van der Waals surface area contributed by atoms with Crippen LogP contribution in [-0.4, -0.2) is 13.1 Å². The number of nitriles is 1. The highest BCUT2D eigenvalue weighted by Gasteiger charge is 2.33. The fraction of sp³-hybridized carbons (Fsp3) is 0.200. The number of carbonyl (C=O) groups is 1. The Kier molecular flexibility index (Phi) is 4.60. The molecule has 0 amide bonds. The third-order valence-corrected chi connectivity index (χ3v) is 2.96. The SMILES string of the molecule is COC(=O)c1ccc(CNc2cc(C#N)ccc2C(F)(F)F)o1. The van der Waals surface area contributed by atoms with E-state index in [0.29, 0.717) is 0 Å². The van der Waals surface area contributed by atoms with E-state index in [0.717, 1.165) is 18.2 Å². The van der Waals surface area contributed by atoms with E-state index in [2.05, 4.69) is 10.1 Å². The summed E-state index contributed by atoms with van der Waals surface area (Å²) < 4.78 is 48.5. The molecule has 2 rings (SSSR count). The van der Waals surface area contributed by atoms with E-state index in [-0.39, 0.29) is 29.3 Å². The number of rotatable bonds is 4. The first-order chi connectivity index (χ1) is 10.8. The zero-order valence-electron chi connectivity index (χ0n) is 11.9. The number of nitrogens with zero attached hydrogens (tertiary/aromatic N) is 1. The number of methoxy groups -OCH3 is 1. The minimum Gasteiger partial charge on any atom is -0.463 e. The average molecular weight is 324 g/mol. The van der Waals surface area contributed by atoms with Crippen molar-refractivity contribution in [1.29, 1.82) is 5.26 Å². The Bertz CT molecular complexity index is 760. The number of alkyl halides is 3. The maximum Gasteiger partial charge on any atom is 0.418 e. The van der Waals surface area contributed by atoms with Gasteiger partial charge in [-0.2, -0.15) is 18.4 Å². The van der Waals surface area contributed by atoms with Crippen molar-refractivity contribution in [2.24, 2.45) is 0 Å². The van der Waals surface area contributed by atoms with E-state index >= 15 is 0 Å². The number of anilines is 1. The van der Waals surface area contributed by atoms with Gasteiger partial charge in [-0.1, -0.05) is 0 Å². The van der Waals surface area contributed by atoms with Gasteiger partial charge in [-0.15, -0.1) is 0 Å². The van der Waals surface area contributed by atoms with Gasteiger partial charge in [0.1, 0.15) is 5.76 Å². The van der Waals surface area contributed by atoms with Crippen molar-refractivity contribution in [2.45, 2.75) is 12.7 Å². The summed E-state index contributed by atoms with van der Waals surface area (Å²) in [6.07, 6.45) is -4.56. The van der Waals surface area contributed by atoms with E-state index in [9.17, 15) is 18.0 Å². The Morgan fingerprint density at radius 3 is 2.70 bits per heavy atom. The molecule has 0 aliphatic rings. The van der Waals surface area contributed by atoms with Crippen molar-refractivity contribution in [3.63, 3.8) is 0 Å². The van der Waals surface area contributed by atoms with Gasteiger partial charge in [0, 0.05) is 5.69 Å². The average Bonchev–Trinajstić information content (AvgIpc) is 2.99. The first-order valence-electron chi connectivity index (χ1n) is 6.37. The van der Waals surface area contributed by atoms with Gasteiger partial charge < -0.3 is 14.5 Å². The molecule has 1 heterocycles. The summed E-state index contributed by atoms with van der Waals surface area (Å²) in [5.41, 5.74) is -1.04. The molecule has 0 aliphatic carbocycles. The summed E-state index contributed by atoms with van der Waals surface area (Å²) in [5, 5.41) is 11.4. The summed E-state index contributed by atoms with van der Waals surface area (Å²) >= 11 is 0. The van der Waals surface area contributed by atoms with Crippen molar-refractivity contribution in [3.8, 4) is 6.07 Å². The maximum atomic E-state index is 13.0. The monoisotopic (exact) mass is 324 g/mol. The number of halogens is 3. The second-order valence-electron chi connectivity index (χ2n) is 4.48. The maximum absolute atomic E-state index is 13.0. The molecule has 0 fully saturated rings. The van der Waals surface area contributed by atoms with E-state index < -0.39 is 17.7 Å². The summed E-state index contributed by atoms with van der Waals surface area (Å²) in [6.45, 7) is -0.0883. The normalized spacial score (nSPS) is 10.9. The molecule has 0 aliphatic heterocycles. The lowest BCUT2D eigenvalue weighted by Gasteiger charge is -2.14. The van der Waals surface area contributed by atoms with E-state index in [1.165, 1.54) is 19.2 Å². The number of hydrogen-bond donors (Lipinski definition) is 1. The minimum absolute atomic E-state index is 0.0499. The van der Waals surface area contributed by atoms with Crippen molar-refractivity contribution in [1.82, 2.24) is 0 Å². The minimum atomic E-state index is -4.56. The van der Waals surface area contributed by atoms with Gasteiger partial charge in [0.25, 0.3) is 0 Å². The third kappa shape index (κ3) is 3.83. The molecular formula is C15H11F3N2O3. The van der Waals surface area contributed by atoms with Gasteiger partial charge in [0.2, 0.25) is 5.76 Å². The quantitative estimate of drug-likeness (QED) is 0.870. The van der Waals surface area contributed by atoms with Gasteiger partial charge in [-0.05, 0) is 30.3 Å². The molecule has 1 N–H and O–H groups in total. The molecular weight excluding hydrogens is 313 g/mol. The molecule has 5 nitrogen and oxygen atoms in total. The number of ether oxygens (including phenoxy) is 1. The summed E-state index contributed by atoms with van der Waals surface area (Å²) in [7, 11) is 1.19. The van der Waals surface area contributed by atoms with Gasteiger partial charge in [0.05, 0.1) is 30.9 Å². The van der Waals surface area contributed by atoms with Crippen LogP contribution in [0.15, 0.2) is 34.7 Å². The number of furan rings is 1. The predicted molar refractivity (Wildman–Crippen MR) is 73.5 cm³/mol. The van der Waals surface area contributed by atoms with Crippen LogP contribution in [0.5, 0.6) is 0 Å². The number of nitrogens with one attached hydrogen (secondary N) is 1. The van der Waals surface area contributed by atoms with Gasteiger partial charge in [-0.25, -0.2) is 4.79 Å². The van der Waals surface area contributed by atoms with Crippen LogP contribution in [0.2, 0.25) is 0 Å². The fourth-order valence-corrected chi connectivity index (χ4v) is 1.87. The third-order valence-electron chi connectivity index (χ3n) is 2.96. The molecule has 1 aromatic heterocycles. The zero-order chi connectivity index (χ0) is 17.0. The molecule has 0 unspecified atom stereocenters. The molecule has 8 heteroatoms. The Morgan fingerprint density at radius 2 is 2.09 bits per heavy atom. The lowest BCUT2D eigenvalue weighted by atomic mass is 10.1. The first-order valence-corrected chi connectivity index (χ1v) is 6.37. The van der Waals surface area contributed by atoms with Crippen molar-refractivity contribution in [3.05, 3.63) is 53.0 Å². The predicted octanol–water partition coefficient (Wildman–Crippen LogP) is 3.57. The first kappa shape index (κ1) is 16.4. The van der Waals surface area contributed by atoms with Crippen LogP contribution < -0.4 is 5.32 Å². The van der Waals surface area contributed by atoms with E-state index in [4.69, 9.17) is 9.68 Å². The zero-order valence-corrected chi connectivity index (χ0v) is 11.9. The van der Waals surface area contributed by atoms with Crippen LogP contribution in [-0.2, 0) is 17.5 Å². The molecule has 0 bridgehead atoms. The van der Waals surface area contributed by atoms with E-state index in [1.54, 1.807) is 6.07 Å². The Morgan fingerprint density at radius 1 is 1.35 bits per heavy atom. The highest BCUT2D eigenvalue weighted by Crippen LogP contribution is 2.35. The lowest BCUT2D eigenvalue weighted by Crippen LogP contribution is -2.11. The topological polar surface area (TPSA) is 75.3 Å². The smallest absolute Gasteiger partial charge is 0.418 e. The second-order valence-corrected chi connectivity index (χ2v) is 4.48. The summed E-state index contributed by atoms with van der Waals surface area (Å²) in [5.74, 6) is -0.481. The van der Waals surface area contributed by atoms with Crippen molar-refractivity contribution >= 4 is 11.7 Å². The Balaban J connectivity index is 2.21. The molecule has 23 heavy (non-hydrogen) atoms. The number of benzene rings is 1. The Labute approximate surface area is 129 Å². The van der Waals surface area contributed by atoms with E-state index in [1.807, 2.05) is 0 Å². The number of hydrogen-bond acceptors (Lipinski definition) is 5. The molecule has 0 atom stereocenters. The number of carbonyl (C=O) groups excluding carboxylic acids is 1. The van der Waals surface area contributed by atoms with Crippen LogP contribution in [0, 0.1) is 11.3 Å². The molecule has 1 aromatic carbocycles. The van der Waals surface area contributed by atoms with Crippen LogP contribution in [0.4, 0.5) is 18.9 Å². The largest absolute Gasteiger partial charge is 0.463 e. The highest BCUT2D eigenvalue weighted by atomic mass is 19.4. The van der Waals surface area contributed by atoms with Crippen LogP contribution in [0.1, 0.15) is 27.4 Å².